The summed E-state index contributed by atoms with van der Waals surface area (Å²) in [5.74, 6) is 2.51. The number of aryl methyl sites for hydroxylation is 1. The molecule has 0 amide bonds. The molecule has 6 nitrogen and oxygen atoms in total. The molecule has 1 saturated heterocycles. The van der Waals surface area contributed by atoms with Crippen LogP contribution in [0.3, 0.4) is 0 Å². The van der Waals surface area contributed by atoms with Crippen LogP contribution in [0, 0.1) is 6.92 Å². The van der Waals surface area contributed by atoms with Crippen LogP contribution in [0.1, 0.15) is 35.8 Å². The highest BCUT2D eigenvalue weighted by atomic mass is 127. The first kappa shape index (κ1) is 23.1. The molecule has 0 atom stereocenters. The Hall–Kier alpha value is -1.52. The van der Waals surface area contributed by atoms with Gasteiger partial charge in [-0.1, -0.05) is 6.07 Å². The lowest BCUT2D eigenvalue weighted by molar-refractivity contribution is 0.0513. The van der Waals surface area contributed by atoms with Crippen molar-refractivity contribution in [2.75, 3.05) is 33.1 Å². The highest BCUT2D eigenvalue weighted by molar-refractivity contribution is 14.0. The van der Waals surface area contributed by atoms with Gasteiger partial charge >= 0.3 is 0 Å². The molecule has 2 aromatic rings. The third-order valence-corrected chi connectivity index (χ3v) is 6.73. The van der Waals surface area contributed by atoms with E-state index in [1.807, 2.05) is 6.07 Å². The standard InChI is InChI=1S/C22H29N3O3S.HI/c1-3-23-21(24-13-20-16(2)6-11-29-20)25-14-22(7-9-26-10-8-22)17-4-5-18-19(12-17)28-15-27-18;/h4-6,11-12H,3,7-10,13-15H2,1-2H3,(H2,23,24,25);1H. The number of thiophene rings is 1. The van der Waals surface area contributed by atoms with Gasteiger partial charge in [-0.15, -0.1) is 35.3 Å². The van der Waals surface area contributed by atoms with E-state index in [1.54, 1.807) is 11.3 Å². The van der Waals surface area contributed by atoms with Crippen LogP contribution in [-0.2, 0) is 16.7 Å². The fraction of sp³-hybridized carbons (Fsp3) is 0.500. The number of hydrogen-bond acceptors (Lipinski definition) is 5. The van der Waals surface area contributed by atoms with Crippen LogP contribution in [-0.4, -0.2) is 39.1 Å². The maximum atomic E-state index is 5.67. The molecule has 0 bridgehead atoms. The Kier molecular flexibility index (Phi) is 8.24. The fourth-order valence-corrected chi connectivity index (χ4v) is 4.70. The predicted molar refractivity (Wildman–Crippen MR) is 132 cm³/mol. The molecule has 0 unspecified atom stereocenters. The van der Waals surface area contributed by atoms with Gasteiger partial charge in [-0.05, 0) is 61.4 Å². The SMILES string of the molecule is CCNC(=NCc1sccc1C)NCC1(c2ccc3c(c2)OCO3)CCOCC1.I. The predicted octanol–water partition coefficient (Wildman–Crippen LogP) is 4.21. The topological polar surface area (TPSA) is 64.1 Å². The molecule has 2 N–H and O–H groups in total. The Bertz CT molecular complexity index is 865. The third-order valence-electron chi connectivity index (χ3n) is 5.72. The van der Waals surface area contributed by atoms with Gasteiger partial charge in [0.1, 0.15) is 0 Å². The van der Waals surface area contributed by atoms with E-state index in [9.17, 15) is 0 Å². The van der Waals surface area contributed by atoms with Crippen LogP contribution in [0.2, 0.25) is 0 Å². The average Bonchev–Trinajstić information content (AvgIpc) is 3.39. The van der Waals surface area contributed by atoms with Crippen LogP contribution >= 0.6 is 35.3 Å². The Morgan fingerprint density at radius 1 is 1.13 bits per heavy atom. The van der Waals surface area contributed by atoms with E-state index in [4.69, 9.17) is 19.2 Å². The molecular weight excluding hydrogens is 513 g/mol. The number of fused-ring (bicyclic) bond motifs is 1. The normalized spacial score (nSPS) is 17.3. The molecule has 30 heavy (non-hydrogen) atoms. The highest BCUT2D eigenvalue weighted by Gasteiger charge is 2.35. The Morgan fingerprint density at radius 2 is 1.93 bits per heavy atom. The summed E-state index contributed by atoms with van der Waals surface area (Å²) in [5.41, 5.74) is 2.55. The number of hydrogen-bond donors (Lipinski definition) is 2. The highest BCUT2D eigenvalue weighted by Crippen LogP contribution is 2.40. The zero-order valence-electron chi connectivity index (χ0n) is 17.5. The molecule has 1 aromatic carbocycles. The second-order valence-electron chi connectivity index (χ2n) is 7.54. The van der Waals surface area contributed by atoms with Crippen LogP contribution < -0.4 is 20.1 Å². The van der Waals surface area contributed by atoms with Gasteiger partial charge in [0.15, 0.2) is 17.5 Å². The summed E-state index contributed by atoms with van der Waals surface area (Å²) in [6.07, 6.45) is 1.92. The smallest absolute Gasteiger partial charge is 0.231 e. The van der Waals surface area contributed by atoms with E-state index in [0.29, 0.717) is 13.3 Å². The van der Waals surface area contributed by atoms with Gasteiger partial charge in [0.2, 0.25) is 6.79 Å². The first-order chi connectivity index (χ1) is 14.2. The summed E-state index contributed by atoms with van der Waals surface area (Å²) in [7, 11) is 0. The summed E-state index contributed by atoms with van der Waals surface area (Å²) >= 11 is 1.76. The van der Waals surface area contributed by atoms with E-state index >= 15 is 0 Å². The lowest BCUT2D eigenvalue weighted by atomic mass is 9.74. The maximum absolute atomic E-state index is 5.67. The number of nitrogens with zero attached hydrogens (tertiary/aromatic N) is 1. The minimum atomic E-state index is -0.0196. The van der Waals surface area contributed by atoms with E-state index in [1.165, 1.54) is 16.0 Å². The van der Waals surface area contributed by atoms with Crippen molar-refractivity contribution in [3.8, 4) is 11.5 Å². The number of nitrogens with one attached hydrogen (secondary N) is 2. The van der Waals surface area contributed by atoms with Crippen molar-refractivity contribution in [2.45, 2.75) is 38.6 Å². The number of halogens is 1. The molecule has 3 heterocycles. The van der Waals surface area contributed by atoms with E-state index in [-0.39, 0.29) is 29.4 Å². The zero-order valence-corrected chi connectivity index (χ0v) is 20.7. The van der Waals surface area contributed by atoms with Gasteiger partial charge in [0, 0.05) is 36.6 Å². The Labute approximate surface area is 199 Å². The van der Waals surface area contributed by atoms with E-state index < -0.39 is 0 Å². The minimum absolute atomic E-state index is 0. The zero-order chi connectivity index (χ0) is 20.1. The van der Waals surface area contributed by atoms with Gasteiger partial charge < -0.3 is 24.8 Å². The second kappa shape index (κ2) is 10.7. The number of rotatable bonds is 6. The van der Waals surface area contributed by atoms with Gasteiger partial charge in [0.05, 0.1) is 6.54 Å². The van der Waals surface area contributed by atoms with Crippen molar-refractivity contribution >= 4 is 41.3 Å². The van der Waals surface area contributed by atoms with Crippen molar-refractivity contribution in [1.29, 1.82) is 0 Å². The van der Waals surface area contributed by atoms with Crippen molar-refractivity contribution in [3.05, 3.63) is 45.6 Å². The molecule has 1 aromatic heterocycles. The summed E-state index contributed by atoms with van der Waals surface area (Å²) in [4.78, 5) is 6.12. The minimum Gasteiger partial charge on any atom is -0.454 e. The lowest BCUT2D eigenvalue weighted by Crippen LogP contribution is -2.48. The van der Waals surface area contributed by atoms with E-state index in [0.717, 1.165) is 56.6 Å². The van der Waals surface area contributed by atoms with Crippen LogP contribution in [0.15, 0.2) is 34.6 Å². The summed E-state index contributed by atoms with van der Waals surface area (Å²) in [5, 5.41) is 9.10. The molecule has 0 spiro atoms. The van der Waals surface area contributed by atoms with Crippen molar-refractivity contribution < 1.29 is 14.2 Å². The Morgan fingerprint density at radius 3 is 2.67 bits per heavy atom. The maximum Gasteiger partial charge on any atom is 0.231 e. The first-order valence-corrected chi connectivity index (χ1v) is 11.1. The quantitative estimate of drug-likeness (QED) is 0.325. The lowest BCUT2D eigenvalue weighted by Gasteiger charge is -2.38. The average molecular weight is 543 g/mol. The van der Waals surface area contributed by atoms with E-state index in [2.05, 4.69) is 48.1 Å². The summed E-state index contributed by atoms with van der Waals surface area (Å²) in [6.45, 7) is 8.37. The number of guanidine groups is 1. The molecule has 0 radical (unpaired) electrons. The first-order valence-electron chi connectivity index (χ1n) is 10.2. The molecule has 1 fully saturated rings. The van der Waals surface area contributed by atoms with Gasteiger partial charge in [-0.25, -0.2) is 4.99 Å². The van der Waals surface area contributed by atoms with Crippen LogP contribution in [0.4, 0.5) is 0 Å². The monoisotopic (exact) mass is 543 g/mol. The van der Waals surface area contributed by atoms with Gasteiger partial charge in [0.25, 0.3) is 0 Å². The second-order valence-corrected chi connectivity index (χ2v) is 8.54. The number of benzene rings is 1. The summed E-state index contributed by atoms with van der Waals surface area (Å²) in [6, 6.07) is 8.47. The van der Waals surface area contributed by atoms with Crippen LogP contribution in [0.25, 0.3) is 0 Å². The van der Waals surface area contributed by atoms with Crippen molar-refractivity contribution in [2.24, 2.45) is 4.99 Å². The number of aliphatic imine (C=N–C) groups is 1. The van der Waals surface area contributed by atoms with Gasteiger partial charge in [-0.2, -0.15) is 0 Å². The Balaban J connectivity index is 0.00000256. The van der Waals surface area contributed by atoms with Crippen LogP contribution in [0.5, 0.6) is 11.5 Å². The molecule has 164 valence electrons. The molecule has 0 aliphatic carbocycles. The molecule has 2 aliphatic heterocycles. The van der Waals surface area contributed by atoms with Crippen molar-refractivity contribution in [1.82, 2.24) is 10.6 Å². The molecule has 0 saturated carbocycles. The fourth-order valence-electron chi connectivity index (χ4n) is 3.87. The van der Waals surface area contributed by atoms with Crippen molar-refractivity contribution in [3.63, 3.8) is 0 Å². The number of ether oxygens (including phenoxy) is 3. The largest absolute Gasteiger partial charge is 0.454 e. The van der Waals surface area contributed by atoms with Gasteiger partial charge in [-0.3, -0.25) is 0 Å². The molecule has 8 heteroatoms. The summed E-state index contributed by atoms with van der Waals surface area (Å²) < 4.78 is 16.8. The third kappa shape index (κ3) is 5.20. The molecular formula is C22H30IN3O3S. The molecule has 4 rings (SSSR count). The molecule has 2 aliphatic rings.